The molecule has 2 heterocycles. The van der Waals surface area contributed by atoms with E-state index < -0.39 is 0 Å². The van der Waals surface area contributed by atoms with E-state index in [-0.39, 0.29) is 0 Å². The maximum absolute atomic E-state index is 2.36. The number of benzene rings is 3. The minimum atomic E-state index is 1.20. The van der Waals surface area contributed by atoms with Crippen LogP contribution in [0.3, 0.4) is 0 Å². The minimum Gasteiger partial charge on any atom is -0.149 e. The van der Waals surface area contributed by atoms with Crippen LogP contribution >= 0.6 is 22.7 Å². The lowest BCUT2D eigenvalue weighted by Crippen LogP contribution is -1.87. The first-order valence-corrected chi connectivity index (χ1v) is 16.0. The van der Waals surface area contributed by atoms with Gasteiger partial charge in [-0.2, -0.15) is 0 Å². The fraction of sp³-hybridized carbons (Fsp3) is 0.371. The number of fused-ring (bicyclic) bond motifs is 2. The lowest BCUT2D eigenvalue weighted by atomic mass is 9.99. The van der Waals surface area contributed by atoms with E-state index in [4.69, 9.17) is 0 Å². The standard InChI is InChI=1S/C24H24S.C11H18S/c1-2-3-4-5-8-18-13-14-25-24(18)22-12-11-21-15-19-9-6-7-10-20(19)16-23(21)17-22;1-3-4-5-6-7-11-8-9-12-10(11)2/h6-7,9-17H,2-5,8H2,1H3;8-9H,3-7H2,1-2H3. The molecule has 0 bridgehead atoms. The van der Waals surface area contributed by atoms with Crippen molar-refractivity contribution in [2.24, 2.45) is 0 Å². The second kappa shape index (κ2) is 14.5. The van der Waals surface area contributed by atoms with Gasteiger partial charge in [-0.05, 0) is 112 Å². The topological polar surface area (TPSA) is 0 Å². The van der Waals surface area contributed by atoms with E-state index >= 15 is 0 Å². The molecule has 0 aliphatic rings. The van der Waals surface area contributed by atoms with E-state index in [1.807, 2.05) is 22.7 Å². The van der Waals surface area contributed by atoms with Crippen molar-refractivity contribution in [3.63, 3.8) is 0 Å². The predicted molar refractivity (Wildman–Crippen MR) is 170 cm³/mol. The van der Waals surface area contributed by atoms with Crippen molar-refractivity contribution in [3.05, 3.63) is 93.5 Å². The zero-order chi connectivity index (χ0) is 25.9. The fourth-order valence-electron chi connectivity index (χ4n) is 5.02. The van der Waals surface area contributed by atoms with Gasteiger partial charge in [-0.25, -0.2) is 0 Å². The van der Waals surface area contributed by atoms with Gasteiger partial charge in [0.2, 0.25) is 0 Å². The predicted octanol–water partition coefficient (Wildman–Crippen LogP) is 12.0. The molecule has 0 N–H and O–H groups in total. The molecule has 0 saturated heterocycles. The average molecular weight is 527 g/mol. The summed E-state index contributed by atoms with van der Waals surface area (Å²) >= 11 is 3.75. The van der Waals surface area contributed by atoms with Crippen molar-refractivity contribution in [1.82, 2.24) is 0 Å². The summed E-state index contributed by atoms with van der Waals surface area (Å²) in [7, 11) is 0. The molecule has 0 aliphatic heterocycles. The van der Waals surface area contributed by atoms with Gasteiger partial charge in [0.05, 0.1) is 0 Å². The molecule has 0 radical (unpaired) electrons. The van der Waals surface area contributed by atoms with Crippen LogP contribution in [-0.4, -0.2) is 0 Å². The molecule has 0 fully saturated rings. The third kappa shape index (κ3) is 7.79. The van der Waals surface area contributed by atoms with Gasteiger partial charge in [0.15, 0.2) is 0 Å². The molecular formula is C35H42S2. The van der Waals surface area contributed by atoms with Crippen molar-refractivity contribution in [3.8, 4) is 10.4 Å². The maximum atomic E-state index is 2.36. The Morgan fingerprint density at radius 2 is 1.14 bits per heavy atom. The summed E-state index contributed by atoms with van der Waals surface area (Å²) in [4.78, 5) is 2.96. The van der Waals surface area contributed by atoms with Gasteiger partial charge < -0.3 is 0 Å². The van der Waals surface area contributed by atoms with E-state index in [1.165, 1.54) is 107 Å². The van der Waals surface area contributed by atoms with E-state index in [0.29, 0.717) is 0 Å². The van der Waals surface area contributed by atoms with Gasteiger partial charge >= 0.3 is 0 Å². The molecule has 194 valence electrons. The molecule has 37 heavy (non-hydrogen) atoms. The Kier molecular flexibility index (Phi) is 10.8. The van der Waals surface area contributed by atoms with Gasteiger partial charge in [-0.15, -0.1) is 22.7 Å². The highest BCUT2D eigenvalue weighted by Crippen LogP contribution is 2.34. The molecule has 5 aromatic rings. The number of hydrogen-bond donors (Lipinski definition) is 0. The first-order chi connectivity index (χ1) is 18.2. The van der Waals surface area contributed by atoms with Crippen LogP contribution in [-0.2, 0) is 12.8 Å². The van der Waals surface area contributed by atoms with E-state index in [9.17, 15) is 0 Å². The van der Waals surface area contributed by atoms with Crippen molar-refractivity contribution in [2.75, 3.05) is 0 Å². The Balaban J connectivity index is 0.000000225. The molecule has 2 heteroatoms. The summed E-state index contributed by atoms with van der Waals surface area (Å²) in [6.45, 7) is 6.75. The highest BCUT2D eigenvalue weighted by molar-refractivity contribution is 7.13. The Morgan fingerprint density at radius 3 is 1.78 bits per heavy atom. The maximum Gasteiger partial charge on any atom is 0.0374 e. The average Bonchev–Trinajstić information content (AvgIpc) is 3.56. The first-order valence-electron chi connectivity index (χ1n) is 14.2. The van der Waals surface area contributed by atoms with Gasteiger partial charge in [-0.1, -0.05) is 88.8 Å². The Bertz CT molecular complexity index is 1370. The van der Waals surface area contributed by atoms with Gasteiger partial charge in [0, 0.05) is 9.75 Å². The second-order valence-corrected chi connectivity index (χ2v) is 12.2. The zero-order valence-electron chi connectivity index (χ0n) is 22.9. The summed E-state index contributed by atoms with van der Waals surface area (Å²) < 4.78 is 0. The molecular weight excluding hydrogens is 485 g/mol. The van der Waals surface area contributed by atoms with Crippen LogP contribution in [0.4, 0.5) is 0 Å². The Labute approximate surface area is 232 Å². The van der Waals surface area contributed by atoms with Crippen LogP contribution in [0.1, 0.15) is 81.2 Å². The van der Waals surface area contributed by atoms with E-state index in [0.717, 1.165) is 0 Å². The molecule has 0 nitrogen and oxygen atoms in total. The summed E-state index contributed by atoms with van der Waals surface area (Å²) in [6, 6.07) is 24.8. The number of hydrogen-bond acceptors (Lipinski definition) is 2. The number of unbranched alkanes of at least 4 members (excludes halogenated alkanes) is 6. The highest BCUT2D eigenvalue weighted by Gasteiger charge is 2.08. The fourth-order valence-corrected chi connectivity index (χ4v) is 6.73. The lowest BCUT2D eigenvalue weighted by Gasteiger charge is -2.07. The lowest BCUT2D eigenvalue weighted by molar-refractivity contribution is 0.666. The molecule has 2 aromatic heterocycles. The smallest absolute Gasteiger partial charge is 0.0374 e. The zero-order valence-corrected chi connectivity index (χ0v) is 24.5. The normalized spacial score (nSPS) is 11.1. The van der Waals surface area contributed by atoms with Crippen LogP contribution in [0.5, 0.6) is 0 Å². The number of rotatable bonds is 11. The molecule has 5 rings (SSSR count). The van der Waals surface area contributed by atoms with Crippen molar-refractivity contribution in [2.45, 2.75) is 85.0 Å². The third-order valence-corrected chi connectivity index (χ3v) is 9.17. The molecule has 0 atom stereocenters. The number of aryl methyl sites for hydroxylation is 3. The van der Waals surface area contributed by atoms with Crippen LogP contribution in [0.25, 0.3) is 32.0 Å². The molecule has 3 aromatic carbocycles. The van der Waals surface area contributed by atoms with Crippen LogP contribution in [0.15, 0.2) is 77.5 Å². The molecule has 0 aliphatic carbocycles. The summed E-state index contributed by atoms with van der Waals surface area (Å²) in [5.41, 5.74) is 4.45. The van der Waals surface area contributed by atoms with Gasteiger partial charge in [0.1, 0.15) is 0 Å². The van der Waals surface area contributed by atoms with Crippen LogP contribution in [0.2, 0.25) is 0 Å². The summed E-state index contributed by atoms with van der Waals surface area (Å²) in [5, 5.41) is 9.73. The highest BCUT2D eigenvalue weighted by atomic mass is 32.1. The third-order valence-electron chi connectivity index (χ3n) is 7.28. The minimum absolute atomic E-state index is 1.20. The monoisotopic (exact) mass is 526 g/mol. The largest absolute Gasteiger partial charge is 0.149 e. The van der Waals surface area contributed by atoms with Crippen molar-refractivity contribution >= 4 is 44.2 Å². The Hall–Kier alpha value is -2.42. The quantitative estimate of drug-likeness (QED) is 0.119. The van der Waals surface area contributed by atoms with Crippen molar-refractivity contribution < 1.29 is 0 Å². The van der Waals surface area contributed by atoms with Crippen molar-refractivity contribution in [1.29, 1.82) is 0 Å². The Morgan fingerprint density at radius 1 is 0.541 bits per heavy atom. The van der Waals surface area contributed by atoms with E-state index in [1.54, 1.807) is 5.56 Å². The van der Waals surface area contributed by atoms with E-state index in [2.05, 4.69) is 98.3 Å². The SMILES string of the molecule is CCCCCCc1ccsc1-c1ccc2cc3ccccc3cc2c1.CCCCCCc1ccsc1C. The molecule has 0 saturated carbocycles. The summed E-state index contributed by atoms with van der Waals surface area (Å²) in [6.07, 6.45) is 13.3. The molecule has 0 spiro atoms. The van der Waals surface area contributed by atoms with Gasteiger partial charge in [-0.3, -0.25) is 0 Å². The van der Waals surface area contributed by atoms with Gasteiger partial charge in [0.25, 0.3) is 0 Å². The summed E-state index contributed by atoms with van der Waals surface area (Å²) in [5.74, 6) is 0. The van der Waals surface area contributed by atoms with Crippen LogP contribution in [0, 0.1) is 6.92 Å². The second-order valence-electron chi connectivity index (χ2n) is 10.2. The van der Waals surface area contributed by atoms with Crippen LogP contribution < -0.4 is 0 Å². The molecule has 0 unspecified atom stereocenters. The first kappa shape index (κ1) is 27.6. The molecule has 0 amide bonds. The number of thiophene rings is 2.